The Bertz CT molecular complexity index is 1530. The van der Waals surface area contributed by atoms with E-state index in [-0.39, 0.29) is 38.9 Å². The number of nitrogens with zero attached hydrogens (tertiary/aromatic N) is 4. The Morgan fingerprint density at radius 2 is 1.74 bits per heavy atom. The first-order valence-corrected chi connectivity index (χ1v) is 14.6. The third-order valence-electron chi connectivity index (χ3n) is 6.82. The Labute approximate surface area is 259 Å². The number of aromatic nitrogens is 2. The number of hydrogen-bond donors (Lipinski definition) is 2. The average Bonchev–Trinajstić information content (AvgIpc) is 3.00. The first kappa shape index (κ1) is 30.5. The van der Waals surface area contributed by atoms with Crippen LogP contribution >= 0.6 is 23.2 Å². The molecule has 2 heterocycles. The second-order valence-corrected chi connectivity index (χ2v) is 10.8. The van der Waals surface area contributed by atoms with Crippen LogP contribution in [0.4, 0.5) is 21.7 Å². The number of amides is 1. The minimum absolute atomic E-state index is 0.0230. The monoisotopic (exact) mass is 624 g/mol. The maximum absolute atomic E-state index is 14.9. The molecule has 0 saturated carbocycles. The molecule has 0 unspecified atom stereocenters. The number of likely N-dealkylation sites (N-methyl/N-ethyl adjacent to an activating group) is 1. The fourth-order valence-electron chi connectivity index (χ4n) is 4.42. The Balaban J connectivity index is 1.26. The molecular weight excluding hydrogens is 594 g/mol. The highest BCUT2D eigenvalue weighted by Gasteiger charge is 2.20. The lowest BCUT2D eigenvalue weighted by atomic mass is 10.2. The molecule has 0 spiro atoms. The Morgan fingerprint density at radius 1 is 1.00 bits per heavy atom. The second-order valence-electron chi connectivity index (χ2n) is 10.00. The van der Waals surface area contributed by atoms with E-state index in [1.807, 2.05) is 6.07 Å². The number of carbonyl (C=O) groups is 1. The van der Waals surface area contributed by atoms with E-state index in [1.165, 1.54) is 12.3 Å². The van der Waals surface area contributed by atoms with Crippen molar-refractivity contribution in [3.8, 4) is 17.4 Å². The first-order valence-electron chi connectivity index (χ1n) is 13.8. The summed E-state index contributed by atoms with van der Waals surface area (Å²) in [6, 6.07) is 18.3. The van der Waals surface area contributed by atoms with Gasteiger partial charge in [0.15, 0.2) is 11.6 Å². The molecule has 0 atom stereocenters. The van der Waals surface area contributed by atoms with Crippen molar-refractivity contribution in [1.29, 1.82) is 0 Å². The van der Waals surface area contributed by atoms with Gasteiger partial charge < -0.3 is 29.9 Å². The van der Waals surface area contributed by atoms with Crippen LogP contribution in [-0.2, 0) is 0 Å². The normalized spacial score (nSPS) is 13.9. The largest absolute Gasteiger partial charge is 0.490 e. The summed E-state index contributed by atoms with van der Waals surface area (Å²) in [7, 11) is 2.12. The van der Waals surface area contributed by atoms with Gasteiger partial charge in [-0.15, -0.1) is 0 Å². The number of para-hydroxylation sites is 2. The van der Waals surface area contributed by atoms with E-state index < -0.39 is 11.7 Å². The molecule has 4 aromatic rings. The molecule has 0 aliphatic carbocycles. The molecule has 2 N–H and O–H groups in total. The molecule has 0 radical (unpaired) electrons. The fourth-order valence-corrected chi connectivity index (χ4v) is 4.92. The zero-order chi connectivity index (χ0) is 30.2. The SMILES string of the molecule is CN1CCN(CCCOc2ccc(Nc3ncc(C(=O)Nc4c(Cl)cccc4Cl)c(Oc4ccccc4)n3)cc2F)CC1. The predicted octanol–water partition coefficient (Wildman–Crippen LogP) is 6.73. The number of rotatable bonds is 11. The number of carbonyl (C=O) groups excluding carboxylic acids is 1. The van der Waals surface area contributed by atoms with Crippen LogP contribution in [0.2, 0.25) is 10.0 Å². The van der Waals surface area contributed by atoms with Crippen molar-refractivity contribution in [3.05, 3.63) is 94.4 Å². The summed E-state index contributed by atoms with van der Waals surface area (Å²) in [5, 5.41) is 6.20. The highest BCUT2D eigenvalue weighted by molar-refractivity contribution is 6.40. The van der Waals surface area contributed by atoms with Crippen LogP contribution in [0.25, 0.3) is 0 Å². The quantitative estimate of drug-likeness (QED) is 0.178. The smallest absolute Gasteiger partial charge is 0.262 e. The highest BCUT2D eigenvalue weighted by Crippen LogP contribution is 2.32. The molecule has 1 saturated heterocycles. The highest BCUT2D eigenvalue weighted by atomic mass is 35.5. The van der Waals surface area contributed by atoms with Crippen molar-refractivity contribution in [2.75, 3.05) is 57.0 Å². The van der Waals surface area contributed by atoms with Crippen molar-refractivity contribution in [1.82, 2.24) is 19.8 Å². The first-order chi connectivity index (χ1) is 20.9. The van der Waals surface area contributed by atoms with Gasteiger partial charge in [0.25, 0.3) is 5.91 Å². The standard InChI is InChI=1S/C31H31Cl2FN6O3/c1-39-14-16-40(17-15-39)13-6-18-42-27-12-11-21(19-26(27)34)36-31-35-20-23(30(38-31)43-22-7-3-2-4-8-22)29(41)37-28-24(32)9-5-10-25(28)33/h2-5,7-12,19-20H,6,13-18H2,1H3,(H,37,41)(H,35,36,38). The lowest BCUT2D eigenvalue weighted by Gasteiger charge is -2.32. The number of hydrogen-bond acceptors (Lipinski definition) is 8. The van der Waals surface area contributed by atoms with Crippen LogP contribution in [-0.4, -0.2) is 72.1 Å². The van der Waals surface area contributed by atoms with Gasteiger partial charge >= 0.3 is 0 Å². The van der Waals surface area contributed by atoms with Crippen LogP contribution in [0.3, 0.4) is 0 Å². The Hall–Kier alpha value is -3.96. The van der Waals surface area contributed by atoms with Crippen molar-refractivity contribution in [2.24, 2.45) is 0 Å². The van der Waals surface area contributed by atoms with E-state index in [1.54, 1.807) is 54.6 Å². The molecule has 0 bridgehead atoms. The summed E-state index contributed by atoms with van der Waals surface area (Å²) in [5.41, 5.74) is 0.686. The minimum atomic E-state index is -0.576. The van der Waals surface area contributed by atoms with Gasteiger partial charge in [-0.05, 0) is 49.9 Å². The molecule has 43 heavy (non-hydrogen) atoms. The molecule has 9 nitrogen and oxygen atoms in total. The van der Waals surface area contributed by atoms with Gasteiger partial charge in [0.05, 0.1) is 22.3 Å². The molecule has 3 aromatic carbocycles. The molecule has 1 fully saturated rings. The van der Waals surface area contributed by atoms with Gasteiger partial charge in [-0.1, -0.05) is 47.5 Å². The fraction of sp³-hybridized carbons (Fsp3) is 0.258. The van der Waals surface area contributed by atoms with Crippen molar-refractivity contribution < 1.29 is 18.7 Å². The van der Waals surface area contributed by atoms with Crippen LogP contribution in [0.5, 0.6) is 17.4 Å². The lowest BCUT2D eigenvalue weighted by Crippen LogP contribution is -2.44. The number of nitrogens with one attached hydrogen (secondary N) is 2. The predicted molar refractivity (Wildman–Crippen MR) is 167 cm³/mol. The van der Waals surface area contributed by atoms with Crippen molar-refractivity contribution >= 4 is 46.4 Å². The lowest BCUT2D eigenvalue weighted by molar-refractivity contribution is 0.102. The number of halogens is 3. The maximum Gasteiger partial charge on any atom is 0.262 e. The summed E-state index contributed by atoms with van der Waals surface area (Å²) < 4.78 is 26.5. The molecule has 1 aromatic heterocycles. The summed E-state index contributed by atoms with van der Waals surface area (Å²) >= 11 is 12.5. The van der Waals surface area contributed by atoms with Crippen LogP contribution in [0.1, 0.15) is 16.8 Å². The summed E-state index contributed by atoms with van der Waals surface area (Å²) in [6.07, 6.45) is 2.12. The molecule has 1 aliphatic rings. The van der Waals surface area contributed by atoms with E-state index in [0.717, 1.165) is 39.1 Å². The Kier molecular flexibility index (Phi) is 10.3. The summed E-state index contributed by atoms with van der Waals surface area (Å²) in [6.45, 7) is 5.52. The topological polar surface area (TPSA) is 91.9 Å². The van der Waals surface area contributed by atoms with Gasteiger partial charge in [0, 0.05) is 50.7 Å². The third kappa shape index (κ3) is 8.32. The van der Waals surface area contributed by atoms with Crippen LogP contribution in [0, 0.1) is 5.82 Å². The average molecular weight is 626 g/mol. The molecular formula is C31H31Cl2FN6O3. The second kappa shape index (κ2) is 14.5. The van der Waals surface area contributed by atoms with E-state index in [4.69, 9.17) is 32.7 Å². The summed E-state index contributed by atoms with van der Waals surface area (Å²) in [4.78, 5) is 26.6. The third-order valence-corrected chi connectivity index (χ3v) is 7.45. The van der Waals surface area contributed by atoms with Crippen LogP contribution < -0.4 is 20.1 Å². The molecule has 1 amide bonds. The zero-order valence-electron chi connectivity index (χ0n) is 23.5. The van der Waals surface area contributed by atoms with E-state index in [9.17, 15) is 9.18 Å². The van der Waals surface area contributed by atoms with Gasteiger partial charge in [-0.3, -0.25) is 4.79 Å². The summed E-state index contributed by atoms with van der Waals surface area (Å²) in [5.74, 6) is -0.394. The molecule has 5 rings (SSSR count). The number of ether oxygens (including phenoxy) is 2. The number of benzene rings is 3. The zero-order valence-corrected chi connectivity index (χ0v) is 25.0. The molecule has 12 heteroatoms. The number of anilines is 3. The minimum Gasteiger partial charge on any atom is -0.490 e. The maximum atomic E-state index is 14.9. The van der Waals surface area contributed by atoms with Gasteiger partial charge in [0.2, 0.25) is 11.8 Å². The van der Waals surface area contributed by atoms with Gasteiger partial charge in [-0.25, -0.2) is 9.37 Å². The molecule has 224 valence electrons. The van der Waals surface area contributed by atoms with Gasteiger partial charge in [-0.2, -0.15) is 4.98 Å². The van der Waals surface area contributed by atoms with E-state index in [0.29, 0.717) is 18.0 Å². The van der Waals surface area contributed by atoms with Crippen molar-refractivity contribution in [2.45, 2.75) is 6.42 Å². The van der Waals surface area contributed by atoms with E-state index >= 15 is 0 Å². The Morgan fingerprint density at radius 3 is 2.47 bits per heavy atom. The van der Waals surface area contributed by atoms with E-state index in [2.05, 4.69) is 37.4 Å². The van der Waals surface area contributed by atoms with Crippen molar-refractivity contribution in [3.63, 3.8) is 0 Å². The molecule has 1 aliphatic heterocycles. The number of piperazine rings is 1. The van der Waals surface area contributed by atoms with Crippen LogP contribution in [0.15, 0.2) is 72.9 Å². The van der Waals surface area contributed by atoms with Gasteiger partial charge in [0.1, 0.15) is 11.3 Å².